The van der Waals surface area contributed by atoms with Crippen molar-refractivity contribution in [1.29, 1.82) is 0 Å². The van der Waals surface area contributed by atoms with Gasteiger partial charge in [-0.15, -0.1) is 11.3 Å². The lowest BCUT2D eigenvalue weighted by atomic mass is 10.3. The zero-order chi connectivity index (χ0) is 10.9. The molecule has 0 aliphatic rings. The predicted octanol–water partition coefficient (Wildman–Crippen LogP) is 3.07. The zero-order valence-corrected chi connectivity index (χ0v) is 11.5. The molecule has 1 heterocycles. The van der Waals surface area contributed by atoms with Crippen molar-refractivity contribution in [2.45, 2.75) is 19.3 Å². The molecule has 0 radical (unpaired) electrons. The Bertz CT molecular complexity index is 265. The summed E-state index contributed by atoms with van der Waals surface area (Å²) in [5, 5.41) is 3.44. The van der Waals surface area contributed by atoms with Crippen molar-refractivity contribution in [1.82, 2.24) is 5.32 Å². The third-order valence-electron chi connectivity index (χ3n) is 2.13. The maximum absolute atomic E-state index is 4.99. The van der Waals surface area contributed by atoms with Gasteiger partial charge in [0.1, 0.15) is 0 Å². The van der Waals surface area contributed by atoms with Gasteiger partial charge in [0.25, 0.3) is 0 Å². The molecule has 0 unspecified atom stereocenters. The van der Waals surface area contributed by atoms with Gasteiger partial charge < -0.3 is 10.1 Å². The van der Waals surface area contributed by atoms with E-state index in [-0.39, 0.29) is 0 Å². The lowest BCUT2D eigenvalue weighted by Gasteiger charge is -2.03. The lowest BCUT2D eigenvalue weighted by molar-refractivity contribution is 0.192. The SMILES string of the molecule is COCCCCNCCc1ccc(Br)s1. The monoisotopic (exact) mass is 291 g/mol. The summed E-state index contributed by atoms with van der Waals surface area (Å²) in [6.45, 7) is 3.04. The maximum Gasteiger partial charge on any atom is 0.0701 e. The zero-order valence-electron chi connectivity index (χ0n) is 9.09. The number of ether oxygens (including phenoxy) is 1. The standard InChI is InChI=1S/C11H18BrNOS/c1-14-9-3-2-7-13-8-6-10-4-5-11(12)15-10/h4-5,13H,2-3,6-9H2,1H3. The van der Waals surface area contributed by atoms with Gasteiger partial charge in [0.2, 0.25) is 0 Å². The second-order valence-corrected chi connectivity index (χ2v) is 5.95. The highest BCUT2D eigenvalue weighted by atomic mass is 79.9. The minimum Gasteiger partial charge on any atom is -0.385 e. The van der Waals surface area contributed by atoms with Gasteiger partial charge in [-0.05, 0) is 60.4 Å². The van der Waals surface area contributed by atoms with E-state index >= 15 is 0 Å². The first-order chi connectivity index (χ1) is 7.33. The van der Waals surface area contributed by atoms with E-state index in [0.717, 1.165) is 32.5 Å². The molecule has 15 heavy (non-hydrogen) atoms. The molecular weight excluding hydrogens is 274 g/mol. The first-order valence-electron chi connectivity index (χ1n) is 5.27. The van der Waals surface area contributed by atoms with Gasteiger partial charge in [-0.25, -0.2) is 0 Å². The highest BCUT2D eigenvalue weighted by molar-refractivity contribution is 9.11. The van der Waals surface area contributed by atoms with E-state index in [0.29, 0.717) is 0 Å². The van der Waals surface area contributed by atoms with Crippen LogP contribution in [0.4, 0.5) is 0 Å². The van der Waals surface area contributed by atoms with Crippen molar-refractivity contribution in [3.05, 3.63) is 20.8 Å². The predicted molar refractivity (Wildman–Crippen MR) is 69.7 cm³/mol. The van der Waals surface area contributed by atoms with E-state index in [1.54, 1.807) is 7.11 Å². The third-order valence-corrected chi connectivity index (χ3v) is 3.81. The molecule has 0 aromatic carbocycles. The minimum atomic E-state index is 0.875. The van der Waals surface area contributed by atoms with Crippen LogP contribution in [-0.4, -0.2) is 26.8 Å². The third kappa shape index (κ3) is 6.30. The van der Waals surface area contributed by atoms with E-state index in [2.05, 4.69) is 33.4 Å². The molecule has 0 spiro atoms. The Labute approximate surface area is 104 Å². The van der Waals surface area contributed by atoms with Crippen LogP contribution < -0.4 is 5.32 Å². The number of methoxy groups -OCH3 is 1. The molecule has 0 saturated heterocycles. The Hall–Kier alpha value is 0.1000. The maximum atomic E-state index is 4.99. The van der Waals surface area contributed by atoms with Gasteiger partial charge in [0, 0.05) is 18.6 Å². The summed E-state index contributed by atoms with van der Waals surface area (Å²) in [5.41, 5.74) is 0. The Morgan fingerprint density at radius 2 is 2.20 bits per heavy atom. The second-order valence-electron chi connectivity index (χ2n) is 3.41. The summed E-state index contributed by atoms with van der Waals surface area (Å²) in [6, 6.07) is 4.29. The summed E-state index contributed by atoms with van der Waals surface area (Å²) < 4.78 is 6.21. The largest absolute Gasteiger partial charge is 0.385 e. The fourth-order valence-electron chi connectivity index (χ4n) is 1.32. The van der Waals surface area contributed by atoms with Crippen molar-refractivity contribution in [2.24, 2.45) is 0 Å². The smallest absolute Gasteiger partial charge is 0.0701 e. The molecule has 0 aliphatic carbocycles. The fourth-order valence-corrected chi connectivity index (χ4v) is 2.80. The molecule has 1 rings (SSSR count). The number of hydrogen-bond donors (Lipinski definition) is 1. The Kier molecular flexibility index (Phi) is 7.26. The van der Waals surface area contributed by atoms with Crippen LogP contribution in [0.3, 0.4) is 0 Å². The molecule has 0 aliphatic heterocycles. The van der Waals surface area contributed by atoms with Crippen LogP contribution >= 0.6 is 27.3 Å². The van der Waals surface area contributed by atoms with E-state index in [1.807, 2.05) is 11.3 Å². The number of halogens is 1. The Morgan fingerprint density at radius 3 is 2.87 bits per heavy atom. The molecular formula is C11H18BrNOS. The second kappa shape index (κ2) is 8.28. The normalized spacial score (nSPS) is 10.8. The molecule has 86 valence electrons. The van der Waals surface area contributed by atoms with E-state index in [9.17, 15) is 0 Å². The summed E-state index contributed by atoms with van der Waals surface area (Å²) in [7, 11) is 1.75. The lowest BCUT2D eigenvalue weighted by Crippen LogP contribution is -2.18. The molecule has 1 aromatic rings. The summed E-state index contributed by atoms with van der Waals surface area (Å²) in [5.74, 6) is 0. The first-order valence-corrected chi connectivity index (χ1v) is 6.87. The number of thiophene rings is 1. The van der Waals surface area contributed by atoms with Gasteiger partial charge in [-0.1, -0.05) is 0 Å². The number of rotatable bonds is 8. The van der Waals surface area contributed by atoms with Crippen LogP contribution in [0.1, 0.15) is 17.7 Å². The van der Waals surface area contributed by atoms with Crippen LogP contribution in [0.2, 0.25) is 0 Å². The quantitative estimate of drug-likeness (QED) is 0.744. The van der Waals surface area contributed by atoms with Gasteiger partial charge in [0.15, 0.2) is 0 Å². The first kappa shape index (κ1) is 13.2. The van der Waals surface area contributed by atoms with Crippen molar-refractivity contribution in [3.8, 4) is 0 Å². The van der Waals surface area contributed by atoms with E-state index in [1.165, 1.54) is 15.1 Å². The van der Waals surface area contributed by atoms with Crippen molar-refractivity contribution in [3.63, 3.8) is 0 Å². The minimum absolute atomic E-state index is 0.875. The average molecular weight is 292 g/mol. The van der Waals surface area contributed by atoms with Gasteiger partial charge in [-0.2, -0.15) is 0 Å². The molecule has 0 saturated carbocycles. The topological polar surface area (TPSA) is 21.3 Å². The molecule has 2 nitrogen and oxygen atoms in total. The molecule has 0 amide bonds. The number of hydrogen-bond acceptors (Lipinski definition) is 3. The van der Waals surface area contributed by atoms with Gasteiger partial charge >= 0.3 is 0 Å². The van der Waals surface area contributed by atoms with Crippen molar-refractivity contribution >= 4 is 27.3 Å². The van der Waals surface area contributed by atoms with Crippen molar-refractivity contribution < 1.29 is 4.74 Å². The fraction of sp³-hybridized carbons (Fsp3) is 0.636. The van der Waals surface area contributed by atoms with E-state index < -0.39 is 0 Å². The highest BCUT2D eigenvalue weighted by Gasteiger charge is 1.96. The molecule has 1 N–H and O–H groups in total. The highest BCUT2D eigenvalue weighted by Crippen LogP contribution is 2.21. The average Bonchev–Trinajstić information content (AvgIpc) is 2.63. The molecule has 4 heteroatoms. The number of unbranched alkanes of at least 4 members (excludes halogenated alkanes) is 1. The molecule has 0 bridgehead atoms. The van der Waals surface area contributed by atoms with E-state index in [4.69, 9.17) is 4.74 Å². The van der Waals surface area contributed by atoms with Crippen LogP contribution in [0, 0.1) is 0 Å². The summed E-state index contributed by atoms with van der Waals surface area (Å²) in [4.78, 5) is 1.44. The van der Waals surface area contributed by atoms with Gasteiger partial charge in [-0.3, -0.25) is 0 Å². The summed E-state index contributed by atoms with van der Waals surface area (Å²) in [6.07, 6.45) is 3.47. The van der Waals surface area contributed by atoms with Crippen molar-refractivity contribution in [2.75, 3.05) is 26.8 Å². The summed E-state index contributed by atoms with van der Waals surface area (Å²) >= 11 is 5.28. The van der Waals surface area contributed by atoms with Crippen LogP contribution in [0.25, 0.3) is 0 Å². The Morgan fingerprint density at radius 1 is 1.33 bits per heavy atom. The molecule has 0 atom stereocenters. The van der Waals surface area contributed by atoms with Crippen LogP contribution in [0.15, 0.2) is 15.9 Å². The molecule has 0 fully saturated rings. The van der Waals surface area contributed by atoms with Crippen LogP contribution in [0.5, 0.6) is 0 Å². The molecule has 1 aromatic heterocycles. The van der Waals surface area contributed by atoms with Gasteiger partial charge in [0.05, 0.1) is 3.79 Å². The number of nitrogens with one attached hydrogen (secondary N) is 1. The van der Waals surface area contributed by atoms with Crippen LogP contribution in [-0.2, 0) is 11.2 Å². The Balaban J connectivity index is 1.93.